The van der Waals surface area contributed by atoms with Crippen molar-refractivity contribution in [2.75, 3.05) is 55.0 Å². The molecule has 1 N–H and O–H groups in total. The largest absolute Gasteiger partial charge is 0.389 e. The van der Waals surface area contributed by atoms with Gasteiger partial charge < -0.3 is 15.1 Å². The van der Waals surface area contributed by atoms with Crippen molar-refractivity contribution < 1.29 is 17.6 Å². The van der Waals surface area contributed by atoms with Crippen LogP contribution in [0.5, 0.6) is 0 Å². The van der Waals surface area contributed by atoms with Crippen LogP contribution < -0.4 is 15.1 Å². The highest BCUT2D eigenvalue weighted by Crippen LogP contribution is 2.41. The van der Waals surface area contributed by atoms with Crippen LogP contribution in [0.25, 0.3) is 10.8 Å². The molecule has 1 atom stereocenters. The Labute approximate surface area is 260 Å². The lowest BCUT2D eigenvalue weighted by atomic mass is 9.80. The molecule has 4 aromatic carbocycles. The van der Waals surface area contributed by atoms with Crippen molar-refractivity contribution in [2.24, 2.45) is 0 Å². The maximum Gasteiger partial charge on any atom is 0.389 e. The maximum absolute atomic E-state index is 12.7. The first kappa shape index (κ1) is 34.7. The number of benzene rings is 4. The molecule has 0 radical (unpaired) electrons. The summed E-state index contributed by atoms with van der Waals surface area (Å²) >= 11 is 0. The van der Waals surface area contributed by atoms with E-state index in [2.05, 4.69) is 110 Å². The normalized spacial score (nSPS) is 12.0. The summed E-state index contributed by atoms with van der Waals surface area (Å²) in [5.41, 5.74) is 8.16. The Morgan fingerprint density at radius 2 is 1.23 bits per heavy atom. The Kier molecular flexibility index (Phi) is 12.9. The van der Waals surface area contributed by atoms with Crippen LogP contribution in [0, 0.1) is 6.92 Å². The fourth-order valence-electron chi connectivity index (χ4n) is 6.00. The van der Waals surface area contributed by atoms with Crippen molar-refractivity contribution in [1.29, 1.82) is 0 Å². The van der Waals surface area contributed by atoms with E-state index in [-0.39, 0.29) is 18.9 Å². The van der Waals surface area contributed by atoms with E-state index >= 15 is 0 Å². The highest BCUT2D eigenvalue weighted by Gasteiger charge is 2.26. The van der Waals surface area contributed by atoms with Gasteiger partial charge in [0, 0.05) is 67.5 Å². The van der Waals surface area contributed by atoms with Crippen LogP contribution in [0.2, 0.25) is 0 Å². The number of alkyl halides is 4. The smallest absolute Gasteiger partial charge is 0.385 e. The van der Waals surface area contributed by atoms with E-state index in [4.69, 9.17) is 0 Å². The Morgan fingerprint density at radius 1 is 0.682 bits per heavy atom. The standard InChI is InChI=1S/C36H44F3N3.CH3F/c1-6-41(7-2)28-17-15-27(16-18-28)35(30-20-19-29(25-26(30)5)42(8-3)9-4)33-21-22-34(32-14-11-10-13-31(32)33)40-24-12-23-36(37,38)39;1-2/h10-11,13-22,25,35,40H,6-9,12,23-24H2,1-5H3;1H3. The molecule has 4 aromatic rings. The molecule has 0 aliphatic carbocycles. The van der Waals surface area contributed by atoms with Gasteiger partial charge in [0.2, 0.25) is 0 Å². The van der Waals surface area contributed by atoms with Gasteiger partial charge in [-0.1, -0.05) is 48.5 Å². The molecule has 0 fully saturated rings. The number of fused-ring (bicyclic) bond motifs is 1. The Balaban J connectivity index is 0.00000259. The van der Waals surface area contributed by atoms with Crippen LogP contribution in [-0.4, -0.2) is 46.1 Å². The third-order valence-electron chi connectivity index (χ3n) is 8.27. The second-order valence-electron chi connectivity index (χ2n) is 10.8. The number of rotatable bonds is 13. The fourth-order valence-corrected chi connectivity index (χ4v) is 6.00. The third-order valence-corrected chi connectivity index (χ3v) is 8.27. The SMILES string of the molecule is CCN(CC)c1ccc(C(c2ccc(N(CC)CC)cc2C)c2ccc(NCCCC(F)(F)F)c3ccccc23)cc1.CF. The molecule has 0 aromatic heterocycles. The molecule has 0 amide bonds. The van der Waals surface area contributed by atoms with Crippen LogP contribution in [0.3, 0.4) is 0 Å². The first-order valence-corrected chi connectivity index (χ1v) is 15.6. The first-order valence-electron chi connectivity index (χ1n) is 15.6. The minimum absolute atomic E-state index is 0.00862. The number of nitrogens with one attached hydrogen (secondary N) is 1. The number of nitrogens with zero attached hydrogens (tertiary/aromatic N) is 2. The van der Waals surface area contributed by atoms with Crippen molar-refractivity contribution in [2.45, 2.75) is 59.6 Å². The van der Waals surface area contributed by atoms with Crippen LogP contribution in [0.4, 0.5) is 34.6 Å². The summed E-state index contributed by atoms with van der Waals surface area (Å²) in [4.78, 5) is 4.71. The summed E-state index contributed by atoms with van der Waals surface area (Å²) in [5, 5.41) is 5.39. The van der Waals surface area contributed by atoms with Crippen molar-refractivity contribution in [1.82, 2.24) is 0 Å². The molecule has 0 bridgehead atoms. The molecule has 0 saturated heterocycles. The van der Waals surface area contributed by atoms with Crippen LogP contribution in [-0.2, 0) is 0 Å². The van der Waals surface area contributed by atoms with Crippen molar-refractivity contribution in [3.63, 3.8) is 0 Å². The number of hydrogen-bond donors (Lipinski definition) is 1. The second kappa shape index (κ2) is 16.4. The highest BCUT2D eigenvalue weighted by atomic mass is 19.4. The van der Waals surface area contributed by atoms with E-state index < -0.39 is 12.6 Å². The number of halogens is 4. The fraction of sp³-hybridized carbons (Fsp3) is 0.405. The molecule has 0 saturated carbocycles. The molecule has 3 nitrogen and oxygen atoms in total. The van der Waals surface area contributed by atoms with Gasteiger partial charge in [-0.2, -0.15) is 13.2 Å². The molecule has 44 heavy (non-hydrogen) atoms. The molecule has 238 valence electrons. The van der Waals surface area contributed by atoms with Crippen LogP contribution in [0.1, 0.15) is 68.7 Å². The Bertz CT molecular complexity index is 1440. The predicted octanol–water partition coefficient (Wildman–Crippen LogP) is 10.4. The zero-order valence-electron chi connectivity index (χ0n) is 26.9. The second-order valence-corrected chi connectivity index (χ2v) is 10.8. The highest BCUT2D eigenvalue weighted by molar-refractivity contribution is 5.97. The first-order chi connectivity index (χ1) is 21.2. The molecule has 0 aliphatic rings. The summed E-state index contributed by atoms with van der Waals surface area (Å²) in [5.74, 6) is -0.00862. The van der Waals surface area contributed by atoms with E-state index in [9.17, 15) is 17.6 Å². The quantitative estimate of drug-likeness (QED) is 0.0924. The number of hydrogen-bond acceptors (Lipinski definition) is 3. The van der Waals surface area contributed by atoms with Gasteiger partial charge in [0.15, 0.2) is 0 Å². The van der Waals surface area contributed by atoms with Crippen molar-refractivity contribution in [3.05, 3.63) is 101 Å². The molecule has 1 unspecified atom stereocenters. The molecule has 7 heteroatoms. The average molecular weight is 610 g/mol. The van der Waals surface area contributed by atoms with E-state index in [1.165, 1.54) is 33.6 Å². The van der Waals surface area contributed by atoms with Gasteiger partial charge in [-0.25, -0.2) is 0 Å². The summed E-state index contributed by atoms with van der Waals surface area (Å²) in [7, 11) is 0.500. The molecule has 0 spiro atoms. The van der Waals surface area contributed by atoms with Crippen molar-refractivity contribution in [3.8, 4) is 0 Å². The summed E-state index contributed by atoms with van der Waals surface area (Å²) in [6.07, 6.45) is -4.89. The third kappa shape index (κ3) is 8.46. The molecule has 0 aliphatic heterocycles. The van der Waals surface area contributed by atoms with Gasteiger partial charge in [-0.05, 0) is 99.0 Å². The van der Waals surface area contributed by atoms with E-state index in [1.807, 2.05) is 18.2 Å². The molecular formula is C37H47F4N3. The van der Waals surface area contributed by atoms with Gasteiger partial charge in [0.1, 0.15) is 0 Å². The Morgan fingerprint density at radius 3 is 1.80 bits per heavy atom. The molecule has 4 rings (SSSR count). The zero-order chi connectivity index (χ0) is 32.3. The van der Waals surface area contributed by atoms with Crippen LogP contribution >= 0.6 is 0 Å². The van der Waals surface area contributed by atoms with Crippen LogP contribution in [0.15, 0.2) is 78.9 Å². The van der Waals surface area contributed by atoms with Gasteiger partial charge in [-0.15, -0.1) is 0 Å². The number of aryl methyl sites for hydroxylation is 1. The van der Waals surface area contributed by atoms with Gasteiger partial charge in [-0.3, -0.25) is 4.39 Å². The van der Waals surface area contributed by atoms with E-state index in [0.717, 1.165) is 42.6 Å². The maximum atomic E-state index is 12.7. The minimum atomic E-state index is -4.14. The van der Waals surface area contributed by atoms with E-state index in [1.54, 1.807) is 0 Å². The summed E-state index contributed by atoms with van der Waals surface area (Å²) in [6.45, 7) is 15.0. The minimum Gasteiger partial charge on any atom is -0.385 e. The van der Waals surface area contributed by atoms with Gasteiger partial charge >= 0.3 is 6.18 Å². The van der Waals surface area contributed by atoms with Gasteiger partial charge in [0.05, 0.1) is 7.18 Å². The lowest BCUT2D eigenvalue weighted by molar-refractivity contribution is -0.134. The zero-order valence-corrected chi connectivity index (χ0v) is 26.9. The topological polar surface area (TPSA) is 18.5 Å². The molecule has 0 heterocycles. The summed E-state index contributed by atoms with van der Waals surface area (Å²) in [6, 6.07) is 28.1. The Hall–Kier alpha value is -3.74. The lowest BCUT2D eigenvalue weighted by Gasteiger charge is -2.27. The van der Waals surface area contributed by atoms with E-state index in [0.29, 0.717) is 7.18 Å². The number of anilines is 3. The predicted molar refractivity (Wildman–Crippen MR) is 180 cm³/mol. The summed E-state index contributed by atoms with van der Waals surface area (Å²) < 4.78 is 47.7. The lowest BCUT2D eigenvalue weighted by Crippen LogP contribution is -2.22. The average Bonchev–Trinajstić information content (AvgIpc) is 3.03. The van der Waals surface area contributed by atoms with Crippen molar-refractivity contribution >= 4 is 27.8 Å². The monoisotopic (exact) mass is 609 g/mol. The van der Waals surface area contributed by atoms with Gasteiger partial charge in [0.25, 0.3) is 0 Å². The molecular weight excluding hydrogens is 562 g/mol.